The van der Waals surface area contributed by atoms with Crippen molar-refractivity contribution in [2.24, 2.45) is 0 Å². The summed E-state index contributed by atoms with van der Waals surface area (Å²) in [6, 6.07) is 12.0. The number of nitrogens with zero attached hydrogens (tertiary/aromatic N) is 3. The summed E-state index contributed by atoms with van der Waals surface area (Å²) in [6.07, 6.45) is 5.73. The highest BCUT2D eigenvalue weighted by Gasteiger charge is 2.28. The van der Waals surface area contributed by atoms with Crippen molar-refractivity contribution in [2.45, 2.75) is 43.6 Å². The number of aliphatic hydroxyl groups is 1. The highest BCUT2D eigenvalue weighted by molar-refractivity contribution is 7.98. The largest absolute Gasteiger partial charge is 0.386 e. The second-order valence-electron chi connectivity index (χ2n) is 8.69. The number of benzene rings is 1. The van der Waals surface area contributed by atoms with Gasteiger partial charge < -0.3 is 10.8 Å². The van der Waals surface area contributed by atoms with Crippen LogP contribution in [0.15, 0.2) is 48.8 Å². The Kier molecular flexibility index (Phi) is 6.05. The van der Waals surface area contributed by atoms with Gasteiger partial charge in [0.25, 0.3) is 0 Å². The van der Waals surface area contributed by atoms with Crippen LogP contribution in [0.4, 0.5) is 5.95 Å². The molecule has 1 saturated carbocycles. The van der Waals surface area contributed by atoms with Gasteiger partial charge in [-0.1, -0.05) is 41.7 Å². The second kappa shape index (κ2) is 8.85. The number of pyridine rings is 1. The summed E-state index contributed by atoms with van der Waals surface area (Å²) in [7, 11) is 0. The zero-order valence-electron chi connectivity index (χ0n) is 18.2. The molecular weight excluding hydrogens is 474 g/mol. The molecule has 0 aliphatic heterocycles. The van der Waals surface area contributed by atoms with Crippen molar-refractivity contribution in [2.75, 3.05) is 5.73 Å². The fraction of sp³-hybridized carbons (Fsp3) is 0.292. The second-order valence-corrected chi connectivity index (χ2v) is 11.3. The molecule has 1 aliphatic carbocycles. The van der Waals surface area contributed by atoms with Gasteiger partial charge in [0.05, 0.1) is 34.3 Å². The van der Waals surface area contributed by atoms with Crippen molar-refractivity contribution in [1.29, 1.82) is 0 Å². The van der Waals surface area contributed by atoms with Crippen molar-refractivity contribution in [1.82, 2.24) is 19.7 Å². The van der Waals surface area contributed by atoms with Crippen LogP contribution in [-0.2, 0) is 5.60 Å². The maximum absolute atomic E-state index is 10.5. The molecule has 1 unspecified atom stereocenters. The zero-order chi connectivity index (χ0) is 23.2. The summed E-state index contributed by atoms with van der Waals surface area (Å²) in [5, 5.41) is 12.7. The van der Waals surface area contributed by atoms with Crippen molar-refractivity contribution >= 4 is 50.9 Å². The number of thiophene rings is 1. The fourth-order valence-electron chi connectivity index (χ4n) is 3.58. The third kappa shape index (κ3) is 4.85. The van der Waals surface area contributed by atoms with Crippen LogP contribution in [0.5, 0.6) is 0 Å². The maximum atomic E-state index is 10.5. The first-order valence-corrected chi connectivity index (χ1v) is 12.8. The van der Waals surface area contributed by atoms with Gasteiger partial charge in [0.15, 0.2) is 0 Å². The number of nitrogens with two attached hydrogens (primary N) is 1. The standard InChI is InChI=1S/C24H24ClN5OS2/c1-24(2,31)14-8-9-27-18(11-14)16-5-3-4-13-10-19(32-22(13)16)21(30-33-15-6-7-15)20-17(25)12-28-23(26)29-20/h3-5,8-12,15,21,30-31H,6-7H2,1-2H3,(H2,26,28,29). The van der Waals surface area contributed by atoms with Crippen molar-refractivity contribution in [3.8, 4) is 11.3 Å². The lowest BCUT2D eigenvalue weighted by molar-refractivity contribution is 0.0785. The van der Waals surface area contributed by atoms with E-state index >= 15 is 0 Å². The van der Waals surface area contributed by atoms with E-state index in [9.17, 15) is 5.11 Å². The molecule has 0 saturated heterocycles. The minimum absolute atomic E-state index is 0.201. The summed E-state index contributed by atoms with van der Waals surface area (Å²) in [5.41, 5.74) is 8.31. The molecule has 1 aliphatic rings. The molecule has 1 fully saturated rings. The van der Waals surface area contributed by atoms with Gasteiger partial charge in [-0.25, -0.2) is 14.7 Å². The lowest BCUT2D eigenvalue weighted by Crippen LogP contribution is -2.18. The molecule has 1 aromatic carbocycles. The van der Waals surface area contributed by atoms with Crippen LogP contribution in [0.25, 0.3) is 21.3 Å². The topological polar surface area (TPSA) is 97.0 Å². The van der Waals surface area contributed by atoms with Gasteiger partial charge in [-0.2, -0.15) is 0 Å². The monoisotopic (exact) mass is 497 g/mol. The van der Waals surface area contributed by atoms with Gasteiger partial charge in [-0.3, -0.25) is 4.98 Å². The number of hydrogen-bond donors (Lipinski definition) is 3. The van der Waals surface area contributed by atoms with Crippen LogP contribution < -0.4 is 10.5 Å². The van der Waals surface area contributed by atoms with E-state index in [1.807, 2.05) is 18.2 Å². The number of halogens is 1. The van der Waals surface area contributed by atoms with E-state index in [1.165, 1.54) is 12.8 Å². The molecule has 9 heteroatoms. The average Bonchev–Trinajstić information content (AvgIpc) is 3.51. The summed E-state index contributed by atoms with van der Waals surface area (Å²) >= 11 is 9.91. The molecule has 33 heavy (non-hydrogen) atoms. The number of aromatic nitrogens is 3. The number of nitrogen functional groups attached to an aromatic ring is 1. The first-order valence-electron chi connectivity index (χ1n) is 10.7. The van der Waals surface area contributed by atoms with Crippen LogP contribution in [0, 0.1) is 0 Å². The van der Waals surface area contributed by atoms with E-state index < -0.39 is 5.60 Å². The third-order valence-electron chi connectivity index (χ3n) is 5.53. The van der Waals surface area contributed by atoms with Crippen LogP contribution in [0.1, 0.15) is 48.9 Å². The van der Waals surface area contributed by atoms with E-state index in [2.05, 4.69) is 37.9 Å². The van der Waals surface area contributed by atoms with Gasteiger partial charge in [0.2, 0.25) is 5.95 Å². The maximum Gasteiger partial charge on any atom is 0.220 e. The Morgan fingerprint density at radius 3 is 2.82 bits per heavy atom. The molecule has 4 N–H and O–H groups in total. The van der Waals surface area contributed by atoms with Gasteiger partial charge in [-0.05, 0) is 55.8 Å². The smallest absolute Gasteiger partial charge is 0.220 e. The molecule has 0 radical (unpaired) electrons. The molecular formula is C24H24ClN5OS2. The number of fused-ring (bicyclic) bond motifs is 1. The average molecular weight is 498 g/mol. The van der Waals surface area contributed by atoms with Gasteiger partial charge >= 0.3 is 0 Å². The molecule has 3 heterocycles. The predicted molar refractivity (Wildman–Crippen MR) is 137 cm³/mol. The third-order valence-corrected chi connectivity index (χ3v) is 8.25. The first kappa shape index (κ1) is 22.6. The minimum atomic E-state index is -0.940. The predicted octanol–water partition coefficient (Wildman–Crippen LogP) is 5.71. The van der Waals surface area contributed by atoms with Crippen molar-refractivity contribution < 1.29 is 5.11 Å². The molecule has 0 bridgehead atoms. The lowest BCUT2D eigenvalue weighted by Gasteiger charge is -2.18. The Morgan fingerprint density at radius 1 is 1.24 bits per heavy atom. The van der Waals surface area contributed by atoms with Crippen LogP contribution >= 0.6 is 34.9 Å². The van der Waals surface area contributed by atoms with Gasteiger partial charge in [0.1, 0.15) is 0 Å². The molecule has 4 aromatic rings. The van der Waals surface area contributed by atoms with E-state index in [1.54, 1.807) is 49.5 Å². The highest BCUT2D eigenvalue weighted by Crippen LogP contribution is 2.42. The Bertz CT molecular complexity index is 1320. The summed E-state index contributed by atoms with van der Waals surface area (Å²) in [6.45, 7) is 3.56. The molecule has 3 aromatic heterocycles. The van der Waals surface area contributed by atoms with E-state index in [4.69, 9.17) is 17.3 Å². The van der Waals surface area contributed by atoms with Crippen LogP contribution in [0.2, 0.25) is 5.02 Å². The molecule has 170 valence electrons. The number of hydrogen-bond acceptors (Lipinski definition) is 8. The molecule has 5 rings (SSSR count). The van der Waals surface area contributed by atoms with E-state index in [0.29, 0.717) is 16.0 Å². The Balaban J connectivity index is 1.60. The molecule has 0 amide bonds. The highest BCUT2D eigenvalue weighted by atomic mass is 35.5. The Morgan fingerprint density at radius 2 is 2.06 bits per heavy atom. The summed E-state index contributed by atoms with van der Waals surface area (Å²) in [4.78, 5) is 14.2. The normalized spacial score (nSPS) is 15.2. The van der Waals surface area contributed by atoms with E-state index in [-0.39, 0.29) is 12.0 Å². The zero-order valence-corrected chi connectivity index (χ0v) is 20.6. The van der Waals surface area contributed by atoms with Crippen molar-refractivity contribution in [3.05, 3.63) is 69.9 Å². The number of rotatable bonds is 7. The fourth-order valence-corrected chi connectivity index (χ4v) is 6.03. The van der Waals surface area contributed by atoms with E-state index in [0.717, 1.165) is 31.8 Å². The Hall–Kier alpha value is -2.23. The van der Waals surface area contributed by atoms with Crippen LogP contribution in [0.3, 0.4) is 0 Å². The van der Waals surface area contributed by atoms with Gasteiger partial charge in [-0.15, -0.1) is 11.3 Å². The number of nitrogens with one attached hydrogen (secondary N) is 1. The number of anilines is 1. The van der Waals surface area contributed by atoms with Crippen LogP contribution in [-0.4, -0.2) is 25.3 Å². The van der Waals surface area contributed by atoms with Crippen molar-refractivity contribution in [3.63, 3.8) is 0 Å². The molecule has 6 nitrogen and oxygen atoms in total. The first-order chi connectivity index (χ1) is 15.8. The Labute approximate surface area is 205 Å². The minimum Gasteiger partial charge on any atom is -0.386 e. The SMILES string of the molecule is CC(C)(O)c1ccnc(-c2cccc3cc(C(NSC4CC4)c4nc(N)ncc4Cl)sc23)c1. The quantitative estimate of drug-likeness (QED) is 0.281. The van der Waals surface area contributed by atoms with Gasteiger partial charge in [0, 0.05) is 26.6 Å². The molecule has 1 atom stereocenters. The lowest BCUT2D eigenvalue weighted by atomic mass is 9.97. The summed E-state index contributed by atoms with van der Waals surface area (Å²) < 4.78 is 4.70. The summed E-state index contributed by atoms with van der Waals surface area (Å²) in [5.74, 6) is 0.201. The molecule has 0 spiro atoms.